The zero-order chi connectivity index (χ0) is 14.2. The molecule has 0 aliphatic rings. The molecular weight excluding hydrogens is 272 g/mol. The summed E-state index contributed by atoms with van der Waals surface area (Å²) in [5, 5.41) is 3.24. The van der Waals surface area contributed by atoms with Gasteiger partial charge in [0.05, 0.1) is 11.4 Å². The van der Waals surface area contributed by atoms with Crippen LogP contribution in [0.4, 0.5) is 0 Å². The summed E-state index contributed by atoms with van der Waals surface area (Å²) in [5.41, 5.74) is 2.81. The molecule has 4 nitrogen and oxygen atoms in total. The van der Waals surface area contributed by atoms with Crippen LogP contribution in [0.5, 0.6) is 0 Å². The van der Waals surface area contributed by atoms with Gasteiger partial charge in [-0.2, -0.15) is 0 Å². The Morgan fingerprint density at radius 1 is 1.40 bits per heavy atom. The number of thiazole rings is 1. The number of ether oxygens (including phenoxy) is 1. The van der Waals surface area contributed by atoms with E-state index in [9.17, 15) is 4.79 Å². The standard InChI is InChI=1S/C15H18N2O2S/c1-12(7-16-8-14-9-17-11-20-14)15(18)19-10-13-5-3-2-4-6-13/h2-6,9,11-12,16H,7-8,10H2,1H3. The van der Waals surface area contributed by atoms with Gasteiger partial charge in [0.2, 0.25) is 0 Å². The minimum absolute atomic E-state index is 0.161. The van der Waals surface area contributed by atoms with E-state index in [0.29, 0.717) is 13.2 Å². The Labute approximate surface area is 122 Å². The lowest BCUT2D eigenvalue weighted by Gasteiger charge is -2.12. The van der Waals surface area contributed by atoms with E-state index in [1.54, 1.807) is 16.8 Å². The fourth-order valence-electron chi connectivity index (χ4n) is 1.70. The molecule has 106 valence electrons. The van der Waals surface area contributed by atoms with Gasteiger partial charge >= 0.3 is 5.97 Å². The van der Waals surface area contributed by atoms with E-state index < -0.39 is 0 Å². The summed E-state index contributed by atoms with van der Waals surface area (Å²) in [7, 11) is 0. The van der Waals surface area contributed by atoms with Crippen LogP contribution < -0.4 is 5.32 Å². The lowest BCUT2D eigenvalue weighted by Crippen LogP contribution is -2.27. The summed E-state index contributed by atoms with van der Waals surface area (Å²) >= 11 is 1.60. The first-order valence-electron chi connectivity index (χ1n) is 6.54. The minimum atomic E-state index is -0.175. The van der Waals surface area contributed by atoms with Crippen LogP contribution in [0.15, 0.2) is 42.0 Å². The Kier molecular flexibility index (Phi) is 5.70. The van der Waals surface area contributed by atoms with E-state index in [4.69, 9.17) is 4.74 Å². The van der Waals surface area contributed by atoms with Crippen molar-refractivity contribution in [2.45, 2.75) is 20.1 Å². The van der Waals surface area contributed by atoms with Crippen LogP contribution in [-0.4, -0.2) is 17.5 Å². The van der Waals surface area contributed by atoms with Crippen LogP contribution in [0.25, 0.3) is 0 Å². The number of carbonyl (C=O) groups is 1. The molecule has 2 aromatic rings. The molecule has 0 aliphatic heterocycles. The highest BCUT2D eigenvalue weighted by atomic mass is 32.1. The lowest BCUT2D eigenvalue weighted by atomic mass is 10.2. The molecule has 1 unspecified atom stereocenters. The van der Waals surface area contributed by atoms with Gasteiger partial charge in [-0.15, -0.1) is 11.3 Å². The third-order valence-electron chi connectivity index (χ3n) is 2.86. The molecule has 0 spiro atoms. The molecule has 0 radical (unpaired) electrons. The first-order valence-corrected chi connectivity index (χ1v) is 7.42. The number of rotatable bonds is 7. The maximum absolute atomic E-state index is 11.8. The molecule has 1 aromatic heterocycles. The molecule has 0 fully saturated rings. The third-order valence-corrected chi connectivity index (χ3v) is 3.64. The number of hydrogen-bond acceptors (Lipinski definition) is 5. The summed E-state index contributed by atoms with van der Waals surface area (Å²) in [4.78, 5) is 17.0. The molecule has 1 atom stereocenters. The van der Waals surface area contributed by atoms with E-state index >= 15 is 0 Å². The number of hydrogen-bond donors (Lipinski definition) is 1. The van der Waals surface area contributed by atoms with Crippen molar-refractivity contribution in [2.24, 2.45) is 5.92 Å². The molecule has 0 bridgehead atoms. The highest BCUT2D eigenvalue weighted by molar-refractivity contribution is 7.09. The largest absolute Gasteiger partial charge is 0.461 e. The predicted molar refractivity (Wildman–Crippen MR) is 79.2 cm³/mol. The summed E-state index contributed by atoms with van der Waals surface area (Å²) in [6.45, 7) is 3.54. The van der Waals surface area contributed by atoms with Crippen LogP contribution >= 0.6 is 11.3 Å². The first-order chi connectivity index (χ1) is 9.75. The topological polar surface area (TPSA) is 51.2 Å². The van der Waals surface area contributed by atoms with Gasteiger partial charge in [-0.25, -0.2) is 0 Å². The highest BCUT2D eigenvalue weighted by Gasteiger charge is 2.14. The van der Waals surface area contributed by atoms with Crippen molar-refractivity contribution in [3.63, 3.8) is 0 Å². The SMILES string of the molecule is CC(CNCc1cncs1)C(=O)OCc1ccccc1. The number of benzene rings is 1. The molecule has 5 heteroatoms. The van der Waals surface area contributed by atoms with Gasteiger partial charge in [-0.05, 0) is 5.56 Å². The molecule has 0 saturated heterocycles. The molecule has 0 aliphatic carbocycles. The summed E-state index contributed by atoms with van der Waals surface area (Å²) in [5.74, 6) is -0.336. The Balaban J connectivity index is 1.66. The van der Waals surface area contributed by atoms with Crippen LogP contribution in [0.1, 0.15) is 17.4 Å². The van der Waals surface area contributed by atoms with Crippen molar-refractivity contribution in [1.29, 1.82) is 0 Å². The van der Waals surface area contributed by atoms with Gasteiger partial charge in [0.25, 0.3) is 0 Å². The maximum atomic E-state index is 11.8. The third kappa shape index (κ3) is 4.75. The highest BCUT2D eigenvalue weighted by Crippen LogP contribution is 2.06. The van der Waals surface area contributed by atoms with Gasteiger partial charge in [-0.1, -0.05) is 37.3 Å². The minimum Gasteiger partial charge on any atom is -0.461 e. The Bertz CT molecular complexity index is 514. The van der Waals surface area contributed by atoms with Crippen LogP contribution in [0.2, 0.25) is 0 Å². The van der Waals surface area contributed by atoms with Crippen molar-refractivity contribution >= 4 is 17.3 Å². The zero-order valence-corrected chi connectivity index (χ0v) is 12.2. The molecule has 2 rings (SSSR count). The molecular formula is C15H18N2O2S. The average molecular weight is 290 g/mol. The summed E-state index contributed by atoms with van der Waals surface area (Å²) in [6, 6.07) is 9.70. The number of esters is 1. The van der Waals surface area contributed by atoms with E-state index in [2.05, 4.69) is 10.3 Å². The van der Waals surface area contributed by atoms with Crippen LogP contribution in [0, 0.1) is 5.92 Å². The number of nitrogens with one attached hydrogen (secondary N) is 1. The second-order valence-corrected chi connectivity index (χ2v) is 5.56. The predicted octanol–water partition coefficient (Wildman–Crippen LogP) is 2.61. The quantitative estimate of drug-likeness (QED) is 0.796. The fraction of sp³-hybridized carbons (Fsp3) is 0.333. The maximum Gasteiger partial charge on any atom is 0.310 e. The number of nitrogens with zero attached hydrogens (tertiary/aromatic N) is 1. The molecule has 0 amide bonds. The first kappa shape index (κ1) is 14.7. The average Bonchev–Trinajstić information content (AvgIpc) is 2.99. The normalized spacial score (nSPS) is 12.1. The second kappa shape index (κ2) is 7.77. The van der Waals surface area contributed by atoms with Crippen LogP contribution in [0.3, 0.4) is 0 Å². The van der Waals surface area contributed by atoms with Gasteiger partial charge in [0.1, 0.15) is 6.61 Å². The van der Waals surface area contributed by atoms with Gasteiger partial charge in [-0.3, -0.25) is 9.78 Å². The van der Waals surface area contributed by atoms with Crippen molar-refractivity contribution in [3.05, 3.63) is 52.5 Å². The van der Waals surface area contributed by atoms with E-state index in [1.807, 2.05) is 43.5 Å². The Morgan fingerprint density at radius 3 is 2.90 bits per heavy atom. The molecule has 1 heterocycles. The Hall–Kier alpha value is -1.72. The lowest BCUT2D eigenvalue weighted by molar-refractivity contribution is -0.149. The summed E-state index contributed by atoms with van der Waals surface area (Å²) < 4.78 is 5.29. The number of aromatic nitrogens is 1. The van der Waals surface area contributed by atoms with Crippen molar-refractivity contribution in [2.75, 3.05) is 6.54 Å². The van der Waals surface area contributed by atoms with E-state index in [0.717, 1.165) is 17.0 Å². The van der Waals surface area contributed by atoms with Crippen molar-refractivity contribution in [1.82, 2.24) is 10.3 Å². The zero-order valence-electron chi connectivity index (χ0n) is 11.4. The summed E-state index contributed by atoms with van der Waals surface area (Å²) in [6.07, 6.45) is 1.83. The van der Waals surface area contributed by atoms with Crippen molar-refractivity contribution in [3.8, 4) is 0 Å². The molecule has 1 N–H and O–H groups in total. The number of carbonyl (C=O) groups excluding carboxylic acids is 1. The molecule has 0 saturated carbocycles. The molecule has 20 heavy (non-hydrogen) atoms. The van der Waals surface area contributed by atoms with E-state index in [-0.39, 0.29) is 11.9 Å². The second-order valence-electron chi connectivity index (χ2n) is 4.59. The van der Waals surface area contributed by atoms with Gasteiger partial charge in [0, 0.05) is 24.2 Å². The van der Waals surface area contributed by atoms with Crippen LogP contribution in [-0.2, 0) is 22.7 Å². The monoisotopic (exact) mass is 290 g/mol. The van der Waals surface area contributed by atoms with E-state index in [1.165, 1.54) is 0 Å². The Morgan fingerprint density at radius 2 is 2.20 bits per heavy atom. The smallest absolute Gasteiger partial charge is 0.310 e. The fourth-order valence-corrected chi connectivity index (χ4v) is 2.26. The van der Waals surface area contributed by atoms with Gasteiger partial charge in [0.15, 0.2) is 0 Å². The molecule has 1 aromatic carbocycles. The van der Waals surface area contributed by atoms with Crippen molar-refractivity contribution < 1.29 is 9.53 Å². The van der Waals surface area contributed by atoms with Gasteiger partial charge < -0.3 is 10.1 Å².